The van der Waals surface area contributed by atoms with E-state index in [9.17, 15) is 23.2 Å². The molecule has 0 spiro atoms. The van der Waals surface area contributed by atoms with Crippen LogP contribution >= 0.6 is 0 Å². The molecule has 0 unspecified atom stereocenters. The van der Waals surface area contributed by atoms with E-state index in [4.69, 9.17) is 14.2 Å². The molecule has 1 saturated heterocycles. The molecule has 0 aliphatic carbocycles. The molecule has 2 atom stereocenters. The van der Waals surface area contributed by atoms with Crippen molar-refractivity contribution in [2.75, 3.05) is 18.1 Å². The van der Waals surface area contributed by atoms with Gasteiger partial charge in [-0.25, -0.2) is 4.79 Å². The van der Waals surface area contributed by atoms with Gasteiger partial charge < -0.3 is 19.1 Å². The standard InChI is InChI=1S/C17H20F2N2O6/c1-9(22)26-13(16(24)27-17(2,3)4)12-15(23)21(7-8-25-12)10-5-6-11(18)20-14(10)19/h5-6,12-13H,7-8H2,1-4H3/t12-,13-/m1/s1. The molecule has 1 fully saturated rings. The van der Waals surface area contributed by atoms with Gasteiger partial charge in [0, 0.05) is 13.5 Å². The number of hydrogen-bond donors (Lipinski definition) is 0. The highest BCUT2D eigenvalue weighted by Crippen LogP contribution is 2.24. The second kappa shape index (κ2) is 7.95. The molecule has 0 aromatic carbocycles. The van der Waals surface area contributed by atoms with E-state index in [1.165, 1.54) is 0 Å². The van der Waals surface area contributed by atoms with E-state index in [1.807, 2.05) is 0 Å². The highest BCUT2D eigenvalue weighted by atomic mass is 19.1. The smallest absolute Gasteiger partial charge is 0.351 e. The number of carbonyl (C=O) groups is 3. The first-order valence-corrected chi connectivity index (χ1v) is 8.14. The number of hydrogen-bond acceptors (Lipinski definition) is 7. The fourth-order valence-electron chi connectivity index (χ4n) is 2.44. The number of carbonyl (C=O) groups excluding carboxylic acids is 3. The van der Waals surface area contributed by atoms with Crippen molar-refractivity contribution in [3.63, 3.8) is 0 Å². The summed E-state index contributed by atoms with van der Waals surface area (Å²) in [6.07, 6.45) is -3.21. The van der Waals surface area contributed by atoms with E-state index in [2.05, 4.69) is 4.98 Å². The Morgan fingerprint density at radius 2 is 2.00 bits per heavy atom. The molecule has 27 heavy (non-hydrogen) atoms. The normalized spacial score (nSPS) is 18.8. The van der Waals surface area contributed by atoms with Gasteiger partial charge in [0.2, 0.25) is 18.0 Å². The van der Waals surface area contributed by atoms with Gasteiger partial charge in [-0.05, 0) is 32.9 Å². The Morgan fingerprint density at radius 3 is 2.56 bits per heavy atom. The van der Waals surface area contributed by atoms with Crippen LogP contribution in [0, 0.1) is 11.9 Å². The van der Waals surface area contributed by atoms with Gasteiger partial charge in [0.25, 0.3) is 5.91 Å². The first-order chi connectivity index (χ1) is 12.5. The van der Waals surface area contributed by atoms with Crippen molar-refractivity contribution in [1.82, 2.24) is 4.98 Å². The predicted molar refractivity (Wildman–Crippen MR) is 87.6 cm³/mol. The van der Waals surface area contributed by atoms with Gasteiger partial charge in [-0.15, -0.1) is 0 Å². The summed E-state index contributed by atoms with van der Waals surface area (Å²) in [5.41, 5.74) is -1.18. The van der Waals surface area contributed by atoms with Crippen LogP contribution in [0.25, 0.3) is 0 Å². The number of nitrogens with zero attached hydrogens (tertiary/aromatic N) is 2. The van der Waals surface area contributed by atoms with Crippen LogP contribution in [0.5, 0.6) is 0 Å². The van der Waals surface area contributed by atoms with Crippen molar-refractivity contribution >= 4 is 23.5 Å². The molecule has 0 radical (unpaired) electrons. The third-order valence-corrected chi connectivity index (χ3v) is 3.41. The molecule has 148 valence electrons. The summed E-state index contributed by atoms with van der Waals surface area (Å²) in [6.45, 7) is 5.74. The van der Waals surface area contributed by atoms with Crippen LogP contribution in [0.4, 0.5) is 14.5 Å². The van der Waals surface area contributed by atoms with Gasteiger partial charge in [-0.1, -0.05) is 0 Å². The molecular formula is C17H20F2N2O6. The summed E-state index contributed by atoms with van der Waals surface area (Å²) < 4.78 is 42.4. The lowest BCUT2D eigenvalue weighted by Gasteiger charge is -2.35. The van der Waals surface area contributed by atoms with E-state index >= 15 is 0 Å². The minimum Gasteiger partial charge on any atom is -0.457 e. The quantitative estimate of drug-likeness (QED) is 0.570. The summed E-state index contributed by atoms with van der Waals surface area (Å²) in [7, 11) is 0. The first-order valence-electron chi connectivity index (χ1n) is 8.14. The van der Waals surface area contributed by atoms with Crippen molar-refractivity contribution in [1.29, 1.82) is 0 Å². The van der Waals surface area contributed by atoms with Gasteiger partial charge in [0.15, 0.2) is 6.10 Å². The Kier molecular flexibility index (Phi) is 6.09. The fourth-order valence-corrected chi connectivity index (χ4v) is 2.44. The van der Waals surface area contributed by atoms with Crippen LogP contribution < -0.4 is 4.90 Å². The number of ether oxygens (including phenoxy) is 3. The Balaban J connectivity index is 2.31. The van der Waals surface area contributed by atoms with Crippen LogP contribution in [-0.4, -0.2) is 53.8 Å². The van der Waals surface area contributed by atoms with Crippen LogP contribution in [0.15, 0.2) is 12.1 Å². The maximum atomic E-state index is 14.0. The number of anilines is 1. The summed E-state index contributed by atoms with van der Waals surface area (Å²) in [5.74, 6) is -4.87. The monoisotopic (exact) mass is 386 g/mol. The number of morpholine rings is 1. The SMILES string of the molecule is CC(=O)O[C@@H](C(=O)OC(C)(C)C)[C@H]1OCCN(c2ccc(F)nc2F)C1=O. The molecule has 2 rings (SSSR count). The number of amides is 1. The minimum atomic E-state index is -1.67. The van der Waals surface area contributed by atoms with Crippen molar-refractivity contribution < 1.29 is 37.4 Å². The van der Waals surface area contributed by atoms with Crippen molar-refractivity contribution in [3.05, 3.63) is 24.0 Å². The second-order valence-corrected chi connectivity index (χ2v) is 6.79. The Bertz CT molecular complexity index is 749. The molecule has 1 aliphatic rings. The lowest BCUT2D eigenvalue weighted by Crippen LogP contribution is -2.56. The first kappa shape index (κ1) is 20.7. The number of halogens is 2. The Hall–Kier alpha value is -2.62. The van der Waals surface area contributed by atoms with E-state index in [0.29, 0.717) is 0 Å². The van der Waals surface area contributed by atoms with Crippen molar-refractivity contribution in [2.45, 2.75) is 45.5 Å². The van der Waals surface area contributed by atoms with Crippen LogP contribution in [0.3, 0.4) is 0 Å². The van der Waals surface area contributed by atoms with Gasteiger partial charge in [0.05, 0.1) is 12.3 Å². The molecule has 1 aromatic heterocycles. The summed E-state index contributed by atoms with van der Waals surface area (Å²) in [6, 6.07) is 1.94. The lowest BCUT2D eigenvalue weighted by atomic mass is 10.1. The zero-order valence-corrected chi connectivity index (χ0v) is 15.3. The fraction of sp³-hybridized carbons (Fsp3) is 0.529. The number of pyridine rings is 1. The molecule has 0 saturated carbocycles. The highest BCUT2D eigenvalue weighted by Gasteiger charge is 2.45. The zero-order valence-electron chi connectivity index (χ0n) is 15.3. The molecule has 1 amide bonds. The Morgan fingerprint density at radius 1 is 1.33 bits per heavy atom. The van der Waals surface area contributed by atoms with E-state index in [1.54, 1.807) is 20.8 Å². The van der Waals surface area contributed by atoms with Gasteiger partial charge in [0.1, 0.15) is 5.60 Å². The van der Waals surface area contributed by atoms with Crippen LogP contribution in [0.2, 0.25) is 0 Å². The van der Waals surface area contributed by atoms with Gasteiger partial charge >= 0.3 is 11.9 Å². The average Bonchev–Trinajstić information content (AvgIpc) is 2.52. The number of aromatic nitrogens is 1. The van der Waals surface area contributed by atoms with Crippen LogP contribution in [-0.2, 0) is 28.6 Å². The molecule has 0 bridgehead atoms. The largest absolute Gasteiger partial charge is 0.457 e. The van der Waals surface area contributed by atoms with Crippen molar-refractivity contribution in [3.8, 4) is 0 Å². The predicted octanol–water partition coefficient (Wildman–Crippen LogP) is 1.36. The van der Waals surface area contributed by atoms with Gasteiger partial charge in [-0.3, -0.25) is 9.59 Å². The zero-order chi connectivity index (χ0) is 20.4. The molecule has 2 heterocycles. The topological polar surface area (TPSA) is 95.0 Å². The van der Waals surface area contributed by atoms with E-state index in [-0.39, 0.29) is 18.8 Å². The minimum absolute atomic E-state index is 0.0549. The van der Waals surface area contributed by atoms with Crippen molar-refractivity contribution in [2.24, 2.45) is 0 Å². The maximum Gasteiger partial charge on any atom is 0.351 e. The maximum absolute atomic E-state index is 14.0. The van der Waals surface area contributed by atoms with E-state index in [0.717, 1.165) is 24.0 Å². The Labute approximate surface area is 154 Å². The third kappa shape index (κ3) is 5.19. The molecule has 10 heteroatoms. The second-order valence-electron chi connectivity index (χ2n) is 6.79. The summed E-state index contributed by atoms with van der Waals surface area (Å²) in [4.78, 5) is 40.6. The average molecular weight is 386 g/mol. The van der Waals surface area contributed by atoms with Crippen LogP contribution in [0.1, 0.15) is 27.7 Å². The molecule has 8 nitrogen and oxygen atoms in total. The lowest BCUT2D eigenvalue weighted by molar-refractivity contribution is -0.188. The number of esters is 2. The summed E-state index contributed by atoms with van der Waals surface area (Å²) >= 11 is 0. The third-order valence-electron chi connectivity index (χ3n) is 3.41. The molecular weight excluding hydrogens is 366 g/mol. The molecule has 0 N–H and O–H groups in total. The van der Waals surface area contributed by atoms with E-state index < -0.39 is 47.6 Å². The molecule has 1 aliphatic heterocycles. The number of rotatable bonds is 4. The van der Waals surface area contributed by atoms with Gasteiger partial charge in [-0.2, -0.15) is 13.8 Å². The summed E-state index contributed by atoms with van der Waals surface area (Å²) in [5, 5.41) is 0. The molecule has 1 aromatic rings. The highest BCUT2D eigenvalue weighted by molar-refractivity contribution is 6.00.